The fraction of sp³-hybridized carbons (Fsp3) is 0.556. The summed E-state index contributed by atoms with van der Waals surface area (Å²) >= 11 is 3.52. The summed E-state index contributed by atoms with van der Waals surface area (Å²) in [6.45, 7) is 3.43. The van der Waals surface area contributed by atoms with E-state index in [1.807, 2.05) is 12.1 Å². The van der Waals surface area contributed by atoms with Crippen molar-refractivity contribution in [3.63, 3.8) is 0 Å². The van der Waals surface area contributed by atoms with Gasteiger partial charge in [0.1, 0.15) is 12.4 Å². The third-order valence-electron chi connectivity index (χ3n) is 4.30. The highest BCUT2D eigenvalue weighted by Gasteiger charge is 2.19. The van der Waals surface area contributed by atoms with Gasteiger partial charge in [-0.2, -0.15) is 0 Å². The van der Waals surface area contributed by atoms with Crippen molar-refractivity contribution in [3.8, 4) is 18.1 Å². The van der Waals surface area contributed by atoms with Crippen molar-refractivity contribution >= 4 is 15.9 Å². The fourth-order valence-electron chi connectivity index (χ4n) is 3.02. The van der Waals surface area contributed by atoms with E-state index in [-0.39, 0.29) is 0 Å². The molecule has 21 heavy (non-hydrogen) atoms. The van der Waals surface area contributed by atoms with E-state index >= 15 is 0 Å². The van der Waals surface area contributed by atoms with Gasteiger partial charge >= 0.3 is 0 Å². The SMILES string of the molecule is C#CCOc1ccc(Br)cc1CNC(C)C1CCCCC1. The van der Waals surface area contributed by atoms with Crippen LogP contribution in [0.3, 0.4) is 0 Å². The number of benzene rings is 1. The largest absolute Gasteiger partial charge is 0.481 e. The van der Waals surface area contributed by atoms with Crippen molar-refractivity contribution in [3.05, 3.63) is 28.2 Å². The molecule has 114 valence electrons. The summed E-state index contributed by atoms with van der Waals surface area (Å²) < 4.78 is 6.69. The molecule has 0 saturated heterocycles. The van der Waals surface area contributed by atoms with E-state index < -0.39 is 0 Å². The van der Waals surface area contributed by atoms with Crippen LogP contribution in [0.15, 0.2) is 22.7 Å². The number of nitrogens with one attached hydrogen (secondary N) is 1. The van der Waals surface area contributed by atoms with Crippen LogP contribution in [0.5, 0.6) is 5.75 Å². The first-order chi connectivity index (χ1) is 10.2. The summed E-state index contributed by atoms with van der Waals surface area (Å²) in [5.41, 5.74) is 1.15. The van der Waals surface area contributed by atoms with Gasteiger partial charge in [0, 0.05) is 22.6 Å². The Morgan fingerprint density at radius 2 is 2.14 bits per heavy atom. The lowest BCUT2D eigenvalue weighted by atomic mass is 9.84. The van der Waals surface area contributed by atoms with Gasteiger partial charge in [-0.15, -0.1) is 6.42 Å². The topological polar surface area (TPSA) is 21.3 Å². The van der Waals surface area contributed by atoms with Gasteiger partial charge in [-0.3, -0.25) is 0 Å². The standard InChI is InChI=1S/C18H24BrNO/c1-3-11-21-18-10-9-17(19)12-16(18)13-20-14(2)15-7-5-4-6-8-15/h1,9-10,12,14-15,20H,4-8,11,13H2,2H3. The number of hydrogen-bond donors (Lipinski definition) is 1. The molecule has 1 aliphatic carbocycles. The minimum absolute atomic E-state index is 0.312. The first kappa shape index (κ1) is 16.4. The average Bonchev–Trinajstić information content (AvgIpc) is 2.52. The van der Waals surface area contributed by atoms with Crippen LogP contribution in [0.1, 0.15) is 44.6 Å². The molecule has 0 bridgehead atoms. The molecule has 0 spiro atoms. The van der Waals surface area contributed by atoms with Gasteiger partial charge < -0.3 is 10.1 Å². The predicted octanol–water partition coefficient (Wildman–Crippen LogP) is 4.52. The molecule has 0 aliphatic heterocycles. The van der Waals surface area contributed by atoms with Crippen molar-refractivity contribution in [1.82, 2.24) is 5.32 Å². The molecule has 1 saturated carbocycles. The van der Waals surface area contributed by atoms with Crippen molar-refractivity contribution in [2.75, 3.05) is 6.61 Å². The monoisotopic (exact) mass is 349 g/mol. The second-order valence-corrected chi connectivity index (χ2v) is 6.73. The van der Waals surface area contributed by atoms with E-state index in [4.69, 9.17) is 11.2 Å². The lowest BCUT2D eigenvalue weighted by molar-refractivity contribution is 0.279. The highest BCUT2D eigenvalue weighted by molar-refractivity contribution is 9.10. The van der Waals surface area contributed by atoms with Gasteiger partial charge in [0.2, 0.25) is 0 Å². The van der Waals surface area contributed by atoms with Crippen LogP contribution in [0, 0.1) is 18.3 Å². The van der Waals surface area contributed by atoms with Crippen LogP contribution in [0.2, 0.25) is 0 Å². The number of ether oxygens (including phenoxy) is 1. The minimum atomic E-state index is 0.312. The molecule has 3 heteroatoms. The molecule has 1 unspecified atom stereocenters. The first-order valence-electron chi connectivity index (χ1n) is 7.79. The molecule has 1 aliphatic rings. The molecule has 0 amide bonds. The Balaban J connectivity index is 1.94. The Labute approximate surface area is 136 Å². The van der Waals surface area contributed by atoms with Crippen molar-refractivity contribution in [1.29, 1.82) is 0 Å². The summed E-state index contributed by atoms with van der Waals surface area (Å²) in [5, 5.41) is 3.66. The average molecular weight is 350 g/mol. The number of rotatable bonds is 6. The number of terminal acetylenes is 1. The maximum absolute atomic E-state index is 5.62. The van der Waals surface area contributed by atoms with Gasteiger partial charge in [0.25, 0.3) is 0 Å². The Morgan fingerprint density at radius 3 is 2.86 bits per heavy atom. The van der Waals surface area contributed by atoms with Crippen LogP contribution >= 0.6 is 15.9 Å². The molecule has 0 radical (unpaired) electrons. The Bertz CT molecular complexity index is 488. The lowest BCUT2D eigenvalue weighted by Gasteiger charge is -2.28. The van der Waals surface area contributed by atoms with Crippen molar-refractivity contribution in [2.45, 2.75) is 51.6 Å². The van der Waals surface area contributed by atoms with Gasteiger partial charge in [-0.05, 0) is 43.9 Å². The van der Waals surface area contributed by atoms with Gasteiger partial charge in [0.15, 0.2) is 0 Å². The van der Waals surface area contributed by atoms with Gasteiger partial charge in [-0.1, -0.05) is 41.1 Å². The predicted molar refractivity (Wildman–Crippen MR) is 91.3 cm³/mol. The van der Waals surface area contributed by atoms with Crippen molar-refractivity contribution in [2.24, 2.45) is 5.92 Å². The molecule has 1 aromatic carbocycles. The van der Waals surface area contributed by atoms with Crippen LogP contribution in [0.25, 0.3) is 0 Å². The minimum Gasteiger partial charge on any atom is -0.481 e. The molecule has 1 fully saturated rings. The Kier molecular flexibility index (Phi) is 6.60. The van der Waals surface area contributed by atoms with Crippen LogP contribution in [-0.4, -0.2) is 12.6 Å². The van der Waals surface area contributed by atoms with E-state index in [0.717, 1.165) is 28.2 Å². The quantitative estimate of drug-likeness (QED) is 0.762. The van der Waals surface area contributed by atoms with E-state index in [1.165, 1.54) is 32.1 Å². The maximum Gasteiger partial charge on any atom is 0.148 e. The highest BCUT2D eigenvalue weighted by Crippen LogP contribution is 2.27. The number of halogens is 1. The zero-order valence-corrected chi connectivity index (χ0v) is 14.3. The highest BCUT2D eigenvalue weighted by atomic mass is 79.9. The van der Waals surface area contributed by atoms with Crippen LogP contribution in [0.4, 0.5) is 0 Å². The lowest BCUT2D eigenvalue weighted by Crippen LogP contribution is -2.34. The molecular weight excluding hydrogens is 326 g/mol. The Hall–Kier alpha value is -0.980. The summed E-state index contributed by atoms with van der Waals surface area (Å²) in [6.07, 6.45) is 12.1. The fourth-order valence-corrected chi connectivity index (χ4v) is 3.43. The summed E-state index contributed by atoms with van der Waals surface area (Å²) in [4.78, 5) is 0. The molecule has 2 rings (SSSR count). The smallest absolute Gasteiger partial charge is 0.148 e. The zero-order chi connectivity index (χ0) is 15.1. The normalized spacial score (nSPS) is 17.2. The van der Waals surface area contributed by atoms with E-state index in [1.54, 1.807) is 0 Å². The van der Waals surface area contributed by atoms with E-state index in [2.05, 4.69) is 40.2 Å². The van der Waals surface area contributed by atoms with Gasteiger partial charge in [0.05, 0.1) is 0 Å². The molecule has 0 heterocycles. The molecule has 1 aromatic rings. The zero-order valence-electron chi connectivity index (χ0n) is 12.7. The molecule has 0 aromatic heterocycles. The van der Waals surface area contributed by atoms with E-state index in [0.29, 0.717) is 12.6 Å². The molecule has 1 atom stereocenters. The third kappa shape index (κ3) is 5.05. The van der Waals surface area contributed by atoms with Crippen LogP contribution < -0.4 is 10.1 Å². The second-order valence-electron chi connectivity index (χ2n) is 5.81. The van der Waals surface area contributed by atoms with Crippen molar-refractivity contribution < 1.29 is 4.74 Å². The summed E-state index contributed by atoms with van der Waals surface area (Å²) in [6, 6.07) is 6.61. The second kappa shape index (κ2) is 8.46. The van der Waals surface area contributed by atoms with E-state index in [9.17, 15) is 0 Å². The maximum atomic E-state index is 5.62. The van der Waals surface area contributed by atoms with Gasteiger partial charge in [-0.25, -0.2) is 0 Å². The molecular formula is C18H24BrNO. The summed E-state index contributed by atoms with van der Waals surface area (Å²) in [5.74, 6) is 4.20. The molecule has 2 nitrogen and oxygen atoms in total. The summed E-state index contributed by atoms with van der Waals surface area (Å²) in [7, 11) is 0. The number of hydrogen-bond acceptors (Lipinski definition) is 2. The first-order valence-corrected chi connectivity index (χ1v) is 8.58. The third-order valence-corrected chi connectivity index (χ3v) is 4.80. The van der Waals surface area contributed by atoms with Crippen LogP contribution in [-0.2, 0) is 6.54 Å². The Morgan fingerprint density at radius 1 is 1.38 bits per heavy atom. The molecule has 1 N–H and O–H groups in total.